The zero-order valence-electron chi connectivity index (χ0n) is 9.49. The molecular formula is C13H23NO. The van der Waals surface area contributed by atoms with Gasteiger partial charge in [-0.25, -0.2) is 0 Å². The maximum atomic E-state index is 9.35. The Labute approximate surface area is 92.2 Å². The largest absolute Gasteiger partial charge is 0.396 e. The molecule has 0 aliphatic heterocycles. The first-order valence-electron chi connectivity index (χ1n) is 6.63. The van der Waals surface area contributed by atoms with Crippen molar-refractivity contribution in [3.8, 4) is 0 Å². The number of nitrogens with two attached hydrogens (primary N) is 1. The lowest BCUT2D eigenvalue weighted by atomic mass is 9.60. The Morgan fingerprint density at radius 3 is 2.80 bits per heavy atom. The highest BCUT2D eigenvalue weighted by Gasteiger charge is 2.57. The van der Waals surface area contributed by atoms with Crippen LogP contribution < -0.4 is 5.73 Å². The van der Waals surface area contributed by atoms with Crippen LogP contribution in [0.5, 0.6) is 0 Å². The van der Waals surface area contributed by atoms with E-state index < -0.39 is 0 Å². The fourth-order valence-electron chi connectivity index (χ4n) is 4.90. The van der Waals surface area contributed by atoms with Gasteiger partial charge in [-0.15, -0.1) is 0 Å². The average molecular weight is 209 g/mol. The fraction of sp³-hybridized carbons (Fsp3) is 1.00. The average Bonchev–Trinajstić information content (AvgIpc) is 2.84. The van der Waals surface area contributed by atoms with Gasteiger partial charge in [0.15, 0.2) is 0 Å². The summed E-state index contributed by atoms with van der Waals surface area (Å²) < 4.78 is 0. The van der Waals surface area contributed by atoms with Gasteiger partial charge in [0.05, 0.1) is 0 Å². The highest BCUT2D eigenvalue weighted by atomic mass is 16.3. The van der Waals surface area contributed by atoms with Gasteiger partial charge in [0.1, 0.15) is 0 Å². The van der Waals surface area contributed by atoms with E-state index in [0.29, 0.717) is 24.0 Å². The summed E-state index contributed by atoms with van der Waals surface area (Å²) in [5.41, 5.74) is 6.90. The van der Waals surface area contributed by atoms with E-state index in [2.05, 4.69) is 0 Å². The van der Waals surface area contributed by atoms with Crippen LogP contribution in [0.15, 0.2) is 0 Å². The molecule has 0 aromatic carbocycles. The Hall–Kier alpha value is -0.0800. The number of hydrogen-bond acceptors (Lipinski definition) is 2. The molecule has 3 rings (SSSR count). The van der Waals surface area contributed by atoms with E-state index in [-0.39, 0.29) is 0 Å². The van der Waals surface area contributed by atoms with Crippen molar-refractivity contribution in [3.63, 3.8) is 0 Å². The zero-order chi connectivity index (χ0) is 10.5. The van der Waals surface area contributed by atoms with Crippen LogP contribution in [0.2, 0.25) is 0 Å². The van der Waals surface area contributed by atoms with Gasteiger partial charge in [-0.1, -0.05) is 6.42 Å². The van der Waals surface area contributed by atoms with Gasteiger partial charge < -0.3 is 10.8 Å². The summed E-state index contributed by atoms with van der Waals surface area (Å²) in [5.74, 6) is 2.25. The van der Waals surface area contributed by atoms with E-state index in [1.165, 1.54) is 44.9 Å². The molecule has 0 saturated heterocycles. The molecule has 3 aliphatic carbocycles. The van der Waals surface area contributed by atoms with Gasteiger partial charge in [-0.3, -0.25) is 0 Å². The van der Waals surface area contributed by atoms with Gasteiger partial charge in [0.25, 0.3) is 0 Å². The monoisotopic (exact) mass is 209 g/mol. The molecule has 1 spiro atoms. The standard InChI is InChI=1S/C13H23NO/c14-12-10-3-4-11(6-10)13(12)5-1-2-9(7-13)8-15/h9-12,15H,1-8,14H2/t9-,10-,11+,12-,13-/m1/s1. The second-order valence-electron chi connectivity index (χ2n) is 6.17. The Morgan fingerprint density at radius 1 is 1.27 bits per heavy atom. The van der Waals surface area contributed by atoms with Crippen molar-refractivity contribution in [1.82, 2.24) is 0 Å². The van der Waals surface area contributed by atoms with Crippen molar-refractivity contribution in [1.29, 1.82) is 0 Å². The molecule has 0 heterocycles. The molecular weight excluding hydrogens is 186 g/mol. The predicted molar refractivity (Wildman–Crippen MR) is 60.3 cm³/mol. The Kier molecular flexibility index (Phi) is 2.33. The highest BCUT2D eigenvalue weighted by molar-refractivity contribution is 5.09. The normalized spacial score (nSPS) is 54.0. The summed E-state index contributed by atoms with van der Waals surface area (Å²) in [6, 6.07) is 0.450. The van der Waals surface area contributed by atoms with Crippen LogP contribution in [0.4, 0.5) is 0 Å². The molecule has 3 N–H and O–H groups in total. The molecule has 0 amide bonds. The smallest absolute Gasteiger partial charge is 0.0459 e. The number of aliphatic hydroxyl groups excluding tert-OH is 1. The molecule has 5 atom stereocenters. The third kappa shape index (κ3) is 1.31. The molecule has 0 unspecified atom stereocenters. The van der Waals surface area contributed by atoms with Crippen molar-refractivity contribution in [3.05, 3.63) is 0 Å². The SMILES string of the molecule is N[C@@H]1[C@@H]2CC[C@@H](C2)[C@]12CCC[C@@H](CO)C2. The minimum absolute atomic E-state index is 0.381. The lowest BCUT2D eigenvalue weighted by molar-refractivity contribution is 0.0292. The maximum absolute atomic E-state index is 9.35. The number of rotatable bonds is 1. The quantitative estimate of drug-likeness (QED) is 0.693. The molecule has 0 radical (unpaired) electrons. The molecule has 3 saturated carbocycles. The summed E-state index contributed by atoms with van der Waals surface area (Å²) in [4.78, 5) is 0. The summed E-state index contributed by atoms with van der Waals surface area (Å²) >= 11 is 0. The lowest BCUT2D eigenvalue weighted by Gasteiger charge is -2.47. The maximum Gasteiger partial charge on any atom is 0.0459 e. The first-order valence-corrected chi connectivity index (χ1v) is 6.63. The number of aliphatic hydroxyl groups is 1. The summed E-state index contributed by atoms with van der Waals surface area (Å²) in [6.45, 7) is 0.381. The van der Waals surface area contributed by atoms with Crippen molar-refractivity contribution in [2.45, 2.75) is 51.0 Å². The van der Waals surface area contributed by atoms with Crippen LogP contribution in [-0.2, 0) is 0 Å². The molecule has 86 valence electrons. The van der Waals surface area contributed by atoms with Crippen LogP contribution in [0, 0.1) is 23.2 Å². The fourth-order valence-corrected chi connectivity index (χ4v) is 4.90. The van der Waals surface area contributed by atoms with Crippen LogP contribution >= 0.6 is 0 Å². The van der Waals surface area contributed by atoms with Crippen molar-refractivity contribution in [2.24, 2.45) is 28.9 Å². The third-order valence-electron chi connectivity index (χ3n) is 5.64. The van der Waals surface area contributed by atoms with Gasteiger partial charge in [0.2, 0.25) is 0 Å². The molecule has 2 heteroatoms. The Morgan fingerprint density at radius 2 is 2.13 bits per heavy atom. The first kappa shape index (κ1) is 10.1. The Balaban J connectivity index is 1.83. The molecule has 0 aromatic rings. The zero-order valence-corrected chi connectivity index (χ0v) is 9.49. The van der Waals surface area contributed by atoms with Crippen LogP contribution in [0.3, 0.4) is 0 Å². The van der Waals surface area contributed by atoms with E-state index in [4.69, 9.17) is 5.73 Å². The molecule has 3 fully saturated rings. The molecule has 2 nitrogen and oxygen atoms in total. The van der Waals surface area contributed by atoms with Crippen molar-refractivity contribution >= 4 is 0 Å². The molecule has 2 bridgehead atoms. The van der Waals surface area contributed by atoms with Crippen LogP contribution in [0.1, 0.15) is 44.9 Å². The van der Waals surface area contributed by atoms with Gasteiger partial charge in [-0.05, 0) is 61.7 Å². The number of hydrogen-bond donors (Lipinski definition) is 2. The van der Waals surface area contributed by atoms with Gasteiger partial charge >= 0.3 is 0 Å². The summed E-state index contributed by atoms with van der Waals surface area (Å²) in [6.07, 6.45) is 9.25. The summed E-state index contributed by atoms with van der Waals surface area (Å²) in [5, 5.41) is 9.35. The van der Waals surface area contributed by atoms with E-state index >= 15 is 0 Å². The Bertz CT molecular complexity index is 251. The van der Waals surface area contributed by atoms with Gasteiger partial charge in [-0.2, -0.15) is 0 Å². The molecule has 3 aliphatic rings. The minimum Gasteiger partial charge on any atom is -0.396 e. The van der Waals surface area contributed by atoms with Crippen molar-refractivity contribution < 1.29 is 5.11 Å². The van der Waals surface area contributed by atoms with E-state index in [1.807, 2.05) is 0 Å². The van der Waals surface area contributed by atoms with E-state index in [0.717, 1.165) is 11.8 Å². The molecule has 0 aromatic heterocycles. The predicted octanol–water partition coefficient (Wildman–Crippen LogP) is 1.91. The molecule has 15 heavy (non-hydrogen) atoms. The van der Waals surface area contributed by atoms with Crippen LogP contribution in [0.25, 0.3) is 0 Å². The first-order chi connectivity index (χ1) is 7.26. The second kappa shape index (κ2) is 3.46. The third-order valence-corrected chi connectivity index (χ3v) is 5.64. The van der Waals surface area contributed by atoms with E-state index in [1.54, 1.807) is 0 Å². The lowest BCUT2D eigenvalue weighted by Crippen LogP contribution is -2.49. The number of fused-ring (bicyclic) bond motifs is 3. The topological polar surface area (TPSA) is 46.2 Å². The highest BCUT2D eigenvalue weighted by Crippen LogP contribution is 2.61. The second-order valence-corrected chi connectivity index (χ2v) is 6.17. The minimum atomic E-state index is 0.381. The van der Waals surface area contributed by atoms with Crippen LogP contribution in [-0.4, -0.2) is 17.8 Å². The van der Waals surface area contributed by atoms with Crippen molar-refractivity contribution in [2.75, 3.05) is 6.61 Å². The van der Waals surface area contributed by atoms with Gasteiger partial charge in [0, 0.05) is 12.6 Å². The summed E-state index contributed by atoms with van der Waals surface area (Å²) in [7, 11) is 0. The van der Waals surface area contributed by atoms with E-state index in [9.17, 15) is 5.11 Å².